The van der Waals surface area contributed by atoms with Crippen LogP contribution in [0.5, 0.6) is 11.5 Å². The average Bonchev–Trinajstić information content (AvgIpc) is 2.47. The van der Waals surface area contributed by atoms with E-state index >= 15 is 0 Å². The molecule has 1 unspecified atom stereocenters. The van der Waals surface area contributed by atoms with Gasteiger partial charge in [0, 0.05) is 23.0 Å². The van der Waals surface area contributed by atoms with E-state index in [9.17, 15) is 0 Å². The van der Waals surface area contributed by atoms with Crippen LogP contribution in [-0.2, 0) is 0 Å². The van der Waals surface area contributed by atoms with Crippen LogP contribution in [0.15, 0.2) is 36.4 Å². The van der Waals surface area contributed by atoms with Gasteiger partial charge in [-0.3, -0.25) is 0 Å². The lowest BCUT2D eigenvalue weighted by atomic mass is 9.93. The minimum atomic E-state index is -0.0696. The number of halogens is 1. The van der Waals surface area contributed by atoms with Gasteiger partial charge in [0.15, 0.2) is 0 Å². The summed E-state index contributed by atoms with van der Waals surface area (Å²) < 4.78 is 11.4. The predicted octanol–water partition coefficient (Wildman–Crippen LogP) is 4.18. The zero-order chi connectivity index (χ0) is 15.0. The van der Waals surface area contributed by atoms with Crippen LogP contribution in [0.25, 0.3) is 0 Å². The van der Waals surface area contributed by atoms with Gasteiger partial charge in [-0.05, 0) is 48.4 Å². The zero-order valence-electron chi connectivity index (χ0n) is 12.1. The van der Waals surface area contributed by atoms with Crippen LogP contribution in [0.3, 0.4) is 0 Å². The monoisotopic (exact) mass is 303 g/mol. The van der Waals surface area contributed by atoms with Crippen LogP contribution >= 0.6 is 11.6 Å². The minimum absolute atomic E-state index is 0.0433. The molecule has 0 bridgehead atoms. The van der Waals surface area contributed by atoms with Gasteiger partial charge >= 0.3 is 0 Å². The Hall–Kier alpha value is -1.71. The number of aryl methyl sites for hydroxylation is 1. The highest BCUT2D eigenvalue weighted by molar-refractivity contribution is 6.30. The standard InChI is InChI=1S/C17H18ClNO2/c1-10-7-11(3-5-15(10)20-2)17-9-14(19)13-8-12(18)4-6-16(13)21-17/h3-8,14,17H,9,19H2,1-2H3/t14-,17?/m0/s1. The molecular weight excluding hydrogens is 286 g/mol. The van der Waals surface area contributed by atoms with Crippen LogP contribution in [-0.4, -0.2) is 7.11 Å². The number of ether oxygens (including phenoxy) is 2. The third-order valence-corrected chi connectivity index (χ3v) is 4.13. The Bertz CT molecular complexity index is 672. The topological polar surface area (TPSA) is 44.5 Å². The summed E-state index contributed by atoms with van der Waals surface area (Å²) >= 11 is 6.02. The zero-order valence-corrected chi connectivity index (χ0v) is 12.9. The largest absolute Gasteiger partial charge is 0.496 e. The summed E-state index contributed by atoms with van der Waals surface area (Å²) in [6, 6.07) is 11.6. The lowest BCUT2D eigenvalue weighted by Crippen LogP contribution is -2.24. The molecule has 2 atom stereocenters. The van der Waals surface area contributed by atoms with E-state index in [-0.39, 0.29) is 12.1 Å². The van der Waals surface area contributed by atoms with Crippen molar-refractivity contribution in [1.29, 1.82) is 0 Å². The van der Waals surface area contributed by atoms with Crippen LogP contribution in [0, 0.1) is 6.92 Å². The highest BCUT2D eigenvalue weighted by atomic mass is 35.5. The van der Waals surface area contributed by atoms with Gasteiger partial charge in [-0.2, -0.15) is 0 Å². The molecule has 0 spiro atoms. The van der Waals surface area contributed by atoms with Crippen molar-refractivity contribution in [2.45, 2.75) is 25.5 Å². The second-order valence-corrected chi connectivity index (χ2v) is 5.80. The summed E-state index contributed by atoms with van der Waals surface area (Å²) in [7, 11) is 1.68. The van der Waals surface area contributed by atoms with Crippen molar-refractivity contribution in [1.82, 2.24) is 0 Å². The summed E-state index contributed by atoms with van der Waals surface area (Å²) in [6.45, 7) is 2.03. The highest BCUT2D eigenvalue weighted by Crippen LogP contribution is 2.41. The van der Waals surface area contributed by atoms with Crippen LogP contribution in [0.1, 0.15) is 35.3 Å². The fourth-order valence-electron chi connectivity index (χ4n) is 2.78. The van der Waals surface area contributed by atoms with E-state index < -0.39 is 0 Å². The maximum Gasteiger partial charge on any atom is 0.126 e. The van der Waals surface area contributed by atoms with Gasteiger partial charge in [0.25, 0.3) is 0 Å². The molecular formula is C17H18ClNO2. The van der Waals surface area contributed by atoms with Gasteiger partial charge in [-0.25, -0.2) is 0 Å². The second kappa shape index (κ2) is 5.58. The molecule has 3 nitrogen and oxygen atoms in total. The van der Waals surface area contributed by atoms with Crippen molar-refractivity contribution in [3.05, 3.63) is 58.1 Å². The molecule has 4 heteroatoms. The summed E-state index contributed by atoms with van der Waals surface area (Å²) in [4.78, 5) is 0. The Morgan fingerprint density at radius 3 is 2.76 bits per heavy atom. The fourth-order valence-corrected chi connectivity index (χ4v) is 2.96. The Kier molecular flexibility index (Phi) is 3.79. The lowest BCUT2D eigenvalue weighted by molar-refractivity contribution is 0.161. The summed E-state index contributed by atoms with van der Waals surface area (Å²) in [6.07, 6.45) is 0.692. The van der Waals surface area contributed by atoms with Crippen molar-refractivity contribution >= 4 is 11.6 Å². The molecule has 1 aliphatic heterocycles. The number of hydrogen-bond donors (Lipinski definition) is 1. The predicted molar refractivity (Wildman–Crippen MR) is 84.1 cm³/mol. The van der Waals surface area contributed by atoms with Crippen LogP contribution in [0.4, 0.5) is 0 Å². The van der Waals surface area contributed by atoms with Crippen molar-refractivity contribution in [2.24, 2.45) is 5.73 Å². The van der Waals surface area contributed by atoms with E-state index in [4.69, 9.17) is 26.8 Å². The fraction of sp³-hybridized carbons (Fsp3) is 0.294. The minimum Gasteiger partial charge on any atom is -0.496 e. The Morgan fingerprint density at radius 1 is 1.24 bits per heavy atom. The molecule has 110 valence electrons. The molecule has 0 saturated heterocycles. The normalized spacial score (nSPS) is 20.6. The maximum absolute atomic E-state index is 6.27. The van der Waals surface area contributed by atoms with Gasteiger partial charge in [0.1, 0.15) is 17.6 Å². The first-order valence-corrected chi connectivity index (χ1v) is 7.32. The highest BCUT2D eigenvalue weighted by Gasteiger charge is 2.27. The van der Waals surface area contributed by atoms with Gasteiger partial charge < -0.3 is 15.2 Å². The van der Waals surface area contributed by atoms with Crippen LogP contribution < -0.4 is 15.2 Å². The molecule has 0 amide bonds. The molecule has 0 aliphatic carbocycles. The van der Waals surface area contributed by atoms with Gasteiger partial charge in [0.05, 0.1) is 7.11 Å². The van der Waals surface area contributed by atoms with E-state index in [2.05, 4.69) is 6.07 Å². The quantitative estimate of drug-likeness (QED) is 0.905. The van der Waals surface area contributed by atoms with Crippen molar-refractivity contribution < 1.29 is 9.47 Å². The van der Waals surface area contributed by atoms with Crippen molar-refractivity contribution in [3.63, 3.8) is 0 Å². The van der Waals surface area contributed by atoms with E-state index in [1.54, 1.807) is 7.11 Å². The molecule has 1 aliphatic rings. The number of methoxy groups -OCH3 is 1. The first-order valence-electron chi connectivity index (χ1n) is 6.94. The Labute approximate surface area is 129 Å². The van der Waals surface area contributed by atoms with Crippen LogP contribution in [0.2, 0.25) is 5.02 Å². The molecule has 0 saturated carbocycles. The van der Waals surface area contributed by atoms with E-state index in [1.165, 1.54) is 0 Å². The smallest absolute Gasteiger partial charge is 0.126 e. The third-order valence-electron chi connectivity index (χ3n) is 3.90. The van der Waals surface area contributed by atoms with E-state index in [0.717, 1.165) is 34.6 Å². The lowest BCUT2D eigenvalue weighted by Gasteiger charge is -2.31. The molecule has 21 heavy (non-hydrogen) atoms. The van der Waals surface area contributed by atoms with Gasteiger partial charge in [-0.1, -0.05) is 17.7 Å². The van der Waals surface area contributed by atoms with E-state index in [1.807, 2.05) is 37.3 Å². The van der Waals surface area contributed by atoms with Gasteiger partial charge in [0.2, 0.25) is 0 Å². The summed E-state index contributed by atoms with van der Waals surface area (Å²) in [5.41, 5.74) is 9.46. The molecule has 3 rings (SSSR count). The first-order chi connectivity index (χ1) is 10.1. The molecule has 2 aromatic rings. The van der Waals surface area contributed by atoms with Crippen molar-refractivity contribution in [3.8, 4) is 11.5 Å². The third kappa shape index (κ3) is 2.71. The summed E-state index contributed by atoms with van der Waals surface area (Å²) in [5, 5.41) is 0.687. The van der Waals surface area contributed by atoms with Gasteiger partial charge in [-0.15, -0.1) is 0 Å². The number of nitrogens with two attached hydrogens (primary N) is 1. The number of hydrogen-bond acceptors (Lipinski definition) is 3. The SMILES string of the molecule is COc1ccc(C2C[C@H](N)c3cc(Cl)ccc3O2)cc1C. The Morgan fingerprint density at radius 2 is 2.05 bits per heavy atom. The second-order valence-electron chi connectivity index (χ2n) is 5.36. The summed E-state index contributed by atoms with van der Waals surface area (Å²) in [5.74, 6) is 1.70. The molecule has 1 heterocycles. The molecule has 0 aromatic heterocycles. The number of fused-ring (bicyclic) bond motifs is 1. The number of benzene rings is 2. The average molecular weight is 304 g/mol. The maximum atomic E-state index is 6.27. The Balaban J connectivity index is 1.92. The van der Waals surface area contributed by atoms with E-state index in [0.29, 0.717) is 5.02 Å². The molecule has 0 radical (unpaired) electrons. The first kappa shape index (κ1) is 14.2. The molecule has 0 fully saturated rings. The number of rotatable bonds is 2. The van der Waals surface area contributed by atoms with Crippen molar-refractivity contribution in [2.75, 3.05) is 7.11 Å². The molecule has 2 aromatic carbocycles. The molecule has 2 N–H and O–H groups in total.